The van der Waals surface area contributed by atoms with Crippen molar-refractivity contribution < 1.29 is 5.11 Å². The van der Waals surface area contributed by atoms with E-state index in [0.29, 0.717) is 6.42 Å². The second kappa shape index (κ2) is 4.77. The highest BCUT2D eigenvalue weighted by atomic mass is 16.3. The lowest BCUT2D eigenvalue weighted by atomic mass is 10.1. The Kier molecular flexibility index (Phi) is 3.65. The first-order chi connectivity index (χ1) is 6.29. The SMILES string of the molecule is C=CCC(O)c1ncccc1CC. The lowest BCUT2D eigenvalue weighted by molar-refractivity contribution is 0.175. The van der Waals surface area contributed by atoms with Crippen LogP contribution in [0.3, 0.4) is 0 Å². The third-order valence-corrected chi connectivity index (χ3v) is 2.01. The first-order valence-electron chi connectivity index (χ1n) is 4.52. The molecule has 1 aromatic heterocycles. The second-order valence-electron chi connectivity index (χ2n) is 2.94. The van der Waals surface area contributed by atoms with E-state index in [1.165, 1.54) is 0 Å². The normalized spacial score (nSPS) is 12.5. The molecular formula is C11H15NO. The molecule has 13 heavy (non-hydrogen) atoms. The number of rotatable bonds is 4. The van der Waals surface area contributed by atoms with Crippen LogP contribution < -0.4 is 0 Å². The van der Waals surface area contributed by atoms with Crippen LogP contribution in [0.1, 0.15) is 30.7 Å². The van der Waals surface area contributed by atoms with Crippen molar-refractivity contribution in [3.63, 3.8) is 0 Å². The lowest BCUT2D eigenvalue weighted by Crippen LogP contribution is -2.03. The first-order valence-corrected chi connectivity index (χ1v) is 4.52. The molecule has 2 nitrogen and oxygen atoms in total. The zero-order chi connectivity index (χ0) is 9.68. The maximum Gasteiger partial charge on any atom is 0.0996 e. The molecule has 1 N–H and O–H groups in total. The number of aromatic nitrogens is 1. The van der Waals surface area contributed by atoms with Gasteiger partial charge < -0.3 is 5.11 Å². The van der Waals surface area contributed by atoms with Crippen LogP contribution in [0.4, 0.5) is 0 Å². The number of aliphatic hydroxyl groups excluding tert-OH is 1. The van der Waals surface area contributed by atoms with Crippen LogP contribution in [0.5, 0.6) is 0 Å². The van der Waals surface area contributed by atoms with Gasteiger partial charge in [-0.05, 0) is 24.5 Å². The number of pyridine rings is 1. The number of nitrogens with zero attached hydrogens (tertiary/aromatic N) is 1. The Balaban J connectivity index is 2.91. The summed E-state index contributed by atoms with van der Waals surface area (Å²) in [4.78, 5) is 4.17. The van der Waals surface area contributed by atoms with Gasteiger partial charge >= 0.3 is 0 Å². The summed E-state index contributed by atoms with van der Waals surface area (Å²) in [5, 5.41) is 9.70. The monoisotopic (exact) mass is 177 g/mol. The van der Waals surface area contributed by atoms with Gasteiger partial charge in [-0.1, -0.05) is 19.1 Å². The van der Waals surface area contributed by atoms with Gasteiger partial charge in [-0.25, -0.2) is 0 Å². The lowest BCUT2D eigenvalue weighted by Gasteiger charge is -2.11. The van der Waals surface area contributed by atoms with Crippen molar-refractivity contribution in [1.82, 2.24) is 4.98 Å². The van der Waals surface area contributed by atoms with Gasteiger partial charge in [-0.15, -0.1) is 6.58 Å². The maximum atomic E-state index is 9.70. The van der Waals surface area contributed by atoms with Crippen LogP contribution >= 0.6 is 0 Å². The van der Waals surface area contributed by atoms with Crippen molar-refractivity contribution in [2.45, 2.75) is 25.9 Å². The van der Waals surface area contributed by atoms with Crippen LogP contribution in [0, 0.1) is 0 Å². The fourth-order valence-corrected chi connectivity index (χ4v) is 1.32. The second-order valence-corrected chi connectivity index (χ2v) is 2.94. The quantitative estimate of drug-likeness (QED) is 0.715. The molecule has 0 saturated carbocycles. The Morgan fingerprint density at radius 2 is 2.46 bits per heavy atom. The minimum atomic E-state index is -0.506. The molecule has 1 rings (SSSR count). The molecule has 0 saturated heterocycles. The van der Waals surface area contributed by atoms with Crippen molar-refractivity contribution in [1.29, 1.82) is 0 Å². The van der Waals surface area contributed by atoms with Gasteiger partial charge in [0, 0.05) is 6.20 Å². The molecule has 0 radical (unpaired) electrons. The third kappa shape index (κ3) is 2.39. The predicted octanol–water partition coefficient (Wildman–Crippen LogP) is 2.25. The fraction of sp³-hybridized carbons (Fsp3) is 0.364. The first kappa shape index (κ1) is 9.93. The van der Waals surface area contributed by atoms with Gasteiger partial charge in [0.25, 0.3) is 0 Å². The van der Waals surface area contributed by atoms with Crippen molar-refractivity contribution >= 4 is 0 Å². The highest BCUT2D eigenvalue weighted by molar-refractivity contribution is 5.21. The number of hydrogen-bond acceptors (Lipinski definition) is 2. The molecule has 70 valence electrons. The molecular weight excluding hydrogens is 162 g/mol. The van der Waals surface area contributed by atoms with Crippen LogP contribution in [-0.2, 0) is 6.42 Å². The molecule has 1 unspecified atom stereocenters. The van der Waals surface area contributed by atoms with Gasteiger partial charge in [-0.2, -0.15) is 0 Å². The smallest absolute Gasteiger partial charge is 0.0996 e. The summed E-state index contributed by atoms with van der Waals surface area (Å²) < 4.78 is 0. The van der Waals surface area contributed by atoms with Crippen molar-refractivity contribution in [2.75, 3.05) is 0 Å². The fourth-order valence-electron chi connectivity index (χ4n) is 1.32. The van der Waals surface area contributed by atoms with E-state index in [1.807, 2.05) is 12.1 Å². The van der Waals surface area contributed by atoms with E-state index in [2.05, 4.69) is 18.5 Å². The van der Waals surface area contributed by atoms with Crippen LogP contribution in [0.25, 0.3) is 0 Å². The molecule has 1 atom stereocenters. The Hall–Kier alpha value is -1.15. The molecule has 0 spiro atoms. The molecule has 2 heteroatoms. The summed E-state index contributed by atoms with van der Waals surface area (Å²) in [5.74, 6) is 0. The van der Waals surface area contributed by atoms with E-state index in [4.69, 9.17) is 0 Å². The molecule has 0 aliphatic rings. The molecule has 1 heterocycles. The highest BCUT2D eigenvalue weighted by Crippen LogP contribution is 2.18. The highest BCUT2D eigenvalue weighted by Gasteiger charge is 2.10. The third-order valence-electron chi connectivity index (χ3n) is 2.01. The molecule has 0 fully saturated rings. The number of aliphatic hydroxyl groups is 1. The topological polar surface area (TPSA) is 33.1 Å². The summed E-state index contributed by atoms with van der Waals surface area (Å²) in [6.45, 7) is 5.65. The number of hydrogen-bond donors (Lipinski definition) is 1. The van der Waals surface area contributed by atoms with Crippen LogP contribution in [0.15, 0.2) is 31.0 Å². The zero-order valence-corrected chi connectivity index (χ0v) is 7.90. The summed E-state index contributed by atoms with van der Waals surface area (Å²) in [6.07, 6.45) is 4.37. The summed E-state index contributed by atoms with van der Waals surface area (Å²) >= 11 is 0. The maximum absolute atomic E-state index is 9.70. The van der Waals surface area contributed by atoms with E-state index in [-0.39, 0.29) is 0 Å². The Morgan fingerprint density at radius 3 is 3.08 bits per heavy atom. The standard InChI is InChI=1S/C11H15NO/c1-3-6-10(13)11-9(4-2)7-5-8-12-11/h3,5,7-8,10,13H,1,4,6H2,2H3. The van der Waals surface area contributed by atoms with E-state index in [9.17, 15) is 5.11 Å². The van der Waals surface area contributed by atoms with E-state index >= 15 is 0 Å². The van der Waals surface area contributed by atoms with E-state index in [0.717, 1.165) is 17.7 Å². The van der Waals surface area contributed by atoms with Gasteiger partial charge in [0.05, 0.1) is 11.8 Å². The summed E-state index contributed by atoms with van der Waals surface area (Å²) in [7, 11) is 0. The molecule has 1 aromatic rings. The minimum Gasteiger partial charge on any atom is -0.386 e. The predicted molar refractivity (Wildman–Crippen MR) is 53.4 cm³/mol. The van der Waals surface area contributed by atoms with Gasteiger partial charge in [0.15, 0.2) is 0 Å². The molecule has 0 amide bonds. The van der Waals surface area contributed by atoms with Gasteiger partial charge in [0.1, 0.15) is 0 Å². The summed E-state index contributed by atoms with van der Waals surface area (Å²) in [5.41, 5.74) is 1.89. The van der Waals surface area contributed by atoms with Crippen molar-refractivity contribution in [2.24, 2.45) is 0 Å². The zero-order valence-electron chi connectivity index (χ0n) is 7.90. The Labute approximate surface area is 78.9 Å². The van der Waals surface area contributed by atoms with Crippen LogP contribution in [-0.4, -0.2) is 10.1 Å². The van der Waals surface area contributed by atoms with Crippen LogP contribution in [0.2, 0.25) is 0 Å². The number of aryl methyl sites for hydroxylation is 1. The van der Waals surface area contributed by atoms with E-state index < -0.39 is 6.10 Å². The molecule has 0 aliphatic carbocycles. The Morgan fingerprint density at radius 1 is 1.69 bits per heavy atom. The largest absolute Gasteiger partial charge is 0.386 e. The van der Waals surface area contributed by atoms with Crippen molar-refractivity contribution in [3.05, 3.63) is 42.2 Å². The minimum absolute atomic E-state index is 0.506. The Bertz CT molecular complexity index is 283. The van der Waals surface area contributed by atoms with Crippen molar-refractivity contribution in [3.8, 4) is 0 Å². The average Bonchev–Trinajstić information content (AvgIpc) is 2.18. The molecule has 0 bridgehead atoms. The molecule has 0 aromatic carbocycles. The van der Waals surface area contributed by atoms with Gasteiger partial charge in [0.2, 0.25) is 0 Å². The molecule has 0 aliphatic heterocycles. The van der Waals surface area contributed by atoms with E-state index in [1.54, 1.807) is 12.3 Å². The average molecular weight is 177 g/mol. The summed E-state index contributed by atoms with van der Waals surface area (Å²) in [6, 6.07) is 3.89. The van der Waals surface area contributed by atoms with Gasteiger partial charge in [-0.3, -0.25) is 4.98 Å².